The number of hydrogen-bond donors (Lipinski definition) is 1. The molecule has 0 aliphatic carbocycles. The number of para-hydroxylation sites is 2. The second-order valence-corrected chi connectivity index (χ2v) is 6.00. The number of pyridine rings is 1. The SMILES string of the molecule is COc1ccccc1Nc1ncnc2c1c(C)c(C)n2-c1ccncc1. The molecule has 0 aliphatic rings. The quantitative estimate of drug-likeness (QED) is 0.601. The highest BCUT2D eigenvalue weighted by molar-refractivity contribution is 5.94. The van der Waals surface area contributed by atoms with Crippen molar-refractivity contribution in [2.24, 2.45) is 0 Å². The van der Waals surface area contributed by atoms with Crippen molar-refractivity contribution in [3.05, 3.63) is 66.4 Å². The molecule has 26 heavy (non-hydrogen) atoms. The molecule has 6 nitrogen and oxygen atoms in total. The molecule has 4 aromatic rings. The Labute approximate surface area is 151 Å². The van der Waals surface area contributed by atoms with Gasteiger partial charge in [-0.05, 0) is 43.7 Å². The number of fused-ring (bicyclic) bond motifs is 1. The summed E-state index contributed by atoms with van der Waals surface area (Å²) in [7, 11) is 1.66. The fraction of sp³-hybridized carbons (Fsp3) is 0.150. The lowest BCUT2D eigenvalue weighted by molar-refractivity contribution is 0.417. The van der Waals surface area contributed by atoms with E-state index >= 15 is 0 Å². The second kappa shape index (κ2) is 6.48. The number of benzene rings is 1. The summed E-state index contributed by atoms with van der Waals surface area (Å²) in [6, 6.07) is 11.7. The molecule has 0 fully saturated rings. The molecule has 1 N–H and O–H groups in total. The van der Waals surface area contributed by atoms with Crippen LogP contribution in [0, 0.1) is 13.8 Å². The summed E-state index contributed by atoms with van der Waals surface area (Å²) in [5.41, 5.74) is 5.00. The first-order chi connectivity index (χ1) is 12.7. The van der Waals surface area contributed by atoms with Crippen LogP contribution in [0.5, 0.6) is 5.75 Å². The predicted octanol–water partition coefficient (Wildman–Crippen LogP) is 4.18. The Morgan fingerprint density at radius 1 is 1.00 bits per heavy atom. The van der Waals surface area contributed by atoms with Crippen molar-refractivity contribution in [3.63, 3.8) is 0 Å². The topological polar surface area (TPSA) is 64.9 Å². The predicted molar refractivity (Wildman–Crippen MR) is 102 cm³/mol. The van der Waals surface area contributed by atoms with E-state index in [1.807, 2.05) is 36.4 Å². The Morgan fingerprint density at radius 3 is 2.54 bits per heavy atom. The van der Waals surface area contributed by atoms with Crippen molar-refractivity contribution in [2.75, 3.05) is 12.4 Å². The number of nitrogens with one attached hydrogen (secondary N) is 1. The Kier molecular flexibility index (Phi) is 4.01. The summed E-state index contributed by atoms with van der Waals surface area (Å²) < 4.78 is 7.57. The van der Waals surface area contributed by atoms with Crippen LogP contribution in [0.3, 0.4) is 0 Å². The van der Waals surface area contributed by atoms with Gasteiger partial charge in [0, 0.05) is 18.1 Å². The van der Waals surface area contributed by atoms with Gasteiger partial charge in [0.25, 0.3) is 0 Å². The average Bonchev–Trinajstić information content (AvgIpc) is 2.94. The fourth-order valence-electron chi connectivity index (χ4n) is 3.18. The third-order valence-electron chi connectivity index (χ3n) is 4.57. The average molecular weight is 345 g/mol. The molecular weight excluding hydrogens is 326 g/mol. The zero-order valence-corrected chi connectivity index (χ0v) is 14.9. The maximum absolute atomic E-state index is 5.44. The largest absolute Gasteiger partial charge is 0.495 e. The summed E-state index contributed by atoms with van der Waals surface area (Å²) in [6.45, 7) is 4.18. The van der Waals surface area contributed by atoms with Gasteiger partial charge in [0.2, 0.25) is 0 Å². The highest BCUT2D eigenvalue weighted by atomic mass is 16.5. The molecule has 0 amide bonds. The lowest BCUT2D eigenvalue weighted by Crippen LogP contribution is -2.00. The third-order valence-corrected chi connectivity index (χ3v) is 4.57. The van der Waals surface area contributed by atoms with E-state index in [2.05, 4.69) is 38.7 Å². The van der Waals surface area contributed by atoms with Gasteiger partial charge in [-0.15, -0.1) is 0 Å². The van der Waals surface area contributed by atoms with Gasteiger partial charge in [-0.1, -0.05) is 12.1 Å². The van der Waals surface area contributed by atoms with Gasteiger partial charge >= 0.3 is 0 Å². The van der Waals surface area contributed by atoms with Crippen LogP contribution in [-0.4, -0.2) is 26.6 Å². The Morgan fingerprint density at radius 2 is 1.77 bits per heavy atom. The van der Waals surface area contributed by atoms with E-state index < -0.39 is 0 Å². The fourth-order valence-corrected chi connectivity index (χ4v) is 3.18. The number of aryl methyl sites for hydroxylation is 1. The van der Waals surface area contributed by atoms with Crippen molar-refractivity contribution in [1.82, 2.24) is 19.5 Å². The highest BCUT2D eigenvalue weighted by Gasteiger charge is 2.18. The van der Waals surface area contributed by atoms with Crippen LogP contribution in [0.1, 0.15) is 11.3 Å². The van der Waals surface area contributed by atoms with Crippen molar-refractivity contribution < 1.29 is 4.74 Å². The minimum absolute atomic E-state index is 0.757. The van der Waals surface area contributed by atoms with Crippen molar-refractivity contribution in [2.45, 2.75) is 13.8 Å². The summed E-state index contributed by atoms with van der Waals surface area (Å²) in [5.74, 6) is 1.52. The van der Waals surface area contributed by atoms with E-state index in [0.29, 0.717) is 0 Å². The van der Waals surface area contributed by atoms with Crippen LogP contribution in [0.2, 0.25) is 0 Å². The first kappa shape index (κ1) is 16.1. The number of methoxy groups -OCH3 is 1. The van der Waals surface area contributed by atoms with Gasteiger partial charge < -0.3 is 10.1 Å². The Bertz CT molecular complexity index is 1070. The molecule has 130 valence electrons. The molecule has 0 saturated carbocycles. The third kappa shape index (κ3) is 2.56. The van der Waals surface area contributed by atoms with Crippen LogP contribution in [0.25, 0.3) is 16.7 Å². The van der Waals surface area contributed by atoms with E-state index in [1.54, 1.807) is 25.8 Å². The first-order valence-electron chi connectivity index (χ1n) is 8.33. The van der Waals surface area contributed by atoms with Gasteiger partial charge in [-0.3, -0.25) is 9.55 Å². The van der Waals surface area contributed by atoms with Crippen molar-refractivity contribution >= 4 is 22.5 Å². The molecule has 0 spiro atoms. The Balaban J connectivity index is 1.91. The molecule has 3 heterocycles. The maximum atomic E-state index is 5.44. The van der Waals surface area contributed by atoms with Crippen molar-refractivity contribution in [1.29, 1.82) is 0 Å². The van der Waals surface area contributed by atoms with Gasteiger partial charge in [0.1, 0.15) is 17.9 Å². The lowest BCUT2D eigenvalue weighted by Gasteiger charge is -2.11. The van der Waals surface area contributed by atoms with Gasteiger partial charge in [-0.25, -0.2) is 9.97 Å². The molecule has 0 aliphatic heterocycles. The van der Waals surface area contributed by atoms with E-state index in [-0.39, 0.29) is 0 Å². The molecule has 1 aromatic carbocycles. The number of aromatic nitrogens is 4. The second-order valence-electron chi connectivity index (χ2n) is 6.00. The molecular formula is C20H19N5O. The maximum Gasteiger partial charge on any atom is 0.150 e. The molecule has 0 unspecified atom stereocenters. The normalized spacial score (nSPS) is 10.9. The van der Waals surface area contributed by atoms with Gasteiger partial charge in [0.05, 0.1) is 23.9 Å². The minimum Gasteiger partial charge on any atom is -0.495 e. The summed E-state index contributed by atoms with van der Waals surface area (Å²) >= 11 is 0. The van der Waals surface area contributed by atoms with Crippen LogP contribution in [-0.2, 0) is 0 Å². The zero-order chi connectivity index (χ0) is 18.1. The van der Waals surface area contributed by atoms with E-state index in [1.165, 1.54) is 0 Å². The van der Waals surface area contributed by atoms with E-state index in [4.69, 9.17) is 4.74 Å². The number of ether oxygens (including phenoxy) is 1. The molecule has 4 rings (SSSR count). The monoisotopic (exact) mass is 345 g/mol. The van der Waals surface area contributed by atoms with Gasteiger partial charge in [0.15, 0.2) is 5.65 Å². The minimum atomic E-state index is 0.757. The highest BCUT2D eigenvalue weighted by Crippen LogP contribution is 2.34. The molecule has 3 aromatic heterocycles. The van der Waals surface area contributed by atoms with Crippen LogP contribution < -0.4 is 10.1 Å². The van der Waals surface area contributed by atoms with Crippen LogP contribution in [0.4, 0.5) is 11.5 Å². The summed E-state index contributed by atoms with van der Waals surface area (Å²) in [4.78, 5) is 13.1. The smallest absolute Gasteiger partial charge is 0.150 e. The molecule has 0 bridgehead atoms. The van der Waals surface area contributed by atoms with Gasteiger partial charge in [-0.2, -0.15) is 0 Å². The standard InChI is InChI=1S/C20H19N5O/c1-13-14(2)25(15-8-10-21-11-9-15)20-18(13)19(22-12-23-20)24-16-6-4-5-7-17(16)26-3/h4-12H,1-3H3,(H,22,23,24). The van der Waals surface area contributed by atoms with E-state index in [0.717, 1.165) is 45.2 Å². The van der Waals surface area contributed by atoms with E-state index in [9.17, 15) is 0 Å². The van der Waals surface area contributed by atoms with Crippen LogP contribution >= 0.6 is 0 Å². The summed E-state index contributed by atoms with van der Waals surface area (Å²) in [6.07, 6.45) is 5.15. The van der Waals surface area contributed by atoms with Crippen LogP contribution in [0.15, 0.2) is 55.1 Å². The zero-order valence-electron chi connectivity index (χ0n) is 14.9. The number of rotatable bonds is 4. The summed E-state index contributed by atoms with van der Waals surface area (Å²) in [5, 5.41) is 4.39. The number of hydrogen-bond acceptors (Lipinski definition) is 5. The molecule has 0 radical (unpaired) electrons. The van der Waals surface area contributed by atoms with Crippen molar-refractivity contribution in [3.8, 4) is 11.4 Å². The number of nitrogens with zero attached hydrogens (tertiary/aromatic N) is 4. The first-order valence-corrected chi connectivity index (χ1v) is 8.33. The lowest BCUT2D eigenvalue weighted by atomic mass is 10.2. The number of anilines is 2. The molecule has 6 heteroatoms. The Hall–Kier alpha value is -3.41. The molecule has 0 atom stereocenters. The molecule has 0 saturated heterocycles.